The molecule has 1 aliphatic heterocycles. The maximum atomic E-state index is 12.1. The highest BCUT2D eigenvalue weighted by atomic mass is 32.2. The van der Waals surface area contributed by atoms with E-state index in [1.807, 2.05) is 19.1 Å². The summed E-state index contributed by atoms with van der Waals surface area (Å²) >= 11 is 0. The average molecular weight is 297 g/mol. The Kier molecular flexibility index (Phi) is 5.05. The Hall–Kier alpha value is -1.07. The van der Waals surface area contributed by atoms with Crippen molar-refractivity contribution >= 4 is 10.0 Å². The van der Waals surface area contributed by atoms with Gasteiger partial charge in [0.1, 0.15) is 5.75 Å². The van der Waals surface area contributed by atoms with Crippen LogP contribution in [0.15, 0.2) is 24.3 Å². The van der Waals surface area contributed by atoms with Crippen LogP contribution in [-0.2, 0) is 10.0 Å². The lowest BCUT2D eigenvalue weighted by molar-refractivity contribution is 0.319. The molecule has 1 fully saturated rings. The molecule has 2 rings (SSSR count). The van der Waals surface area contributed by atoms with Gasteiger partial charge in [-0.1, -0.05) is 25.5 Å². The lowest BCUT2D eigenvalue weighted by Crippen LogP contribution is -2.39. The number of phenolic OH excluding ortho intramolecular Hbond substituents is 1. The van der Waals surface area contributed by atoms with E-state index in [9.17, 15) is 13.5 Å². The van der Waals surface area contributed by atoms with Gasteiger partial charge in [0.15, 0.2) is 0 Å². The molecule has 1 heterocycles. The van der Waals surface area contributed by atoms with Crippen LogP contribution in [0, 0.1) is 0 Å². The molecule has 0 aromatic heterocycles. The maximum absolute atomic E-state index is 12.1. The highest BCUT2D eigenvalue weighted by Crippen LogP contribution is 2.30. The molecule has 0 saturated carbocycles. The van der Waals surface area contributed by atoms with E-state index in [1.54, 1.807) is 16.4 Å². The summed E-state index contributed by atoms with van der Waals surface area (Å²) in [5, 5.41) is 9.30. The number of sulfonamides is 1. The van der Waals surface area contributed by atoms with Crippen molar-refractivity contribution in [3.8, 4) is 5.75 Å². The van der Waals surface area contributed by atoms with E-state index in [1.165, 1.54) is 5.56 Å². The van der Waals surface area contributed by atoms with Gasteiger partial charge in [0.05, 0.1) is 5.75 Å². The van der Waals surface area contributed by atoms with Crippen LogP contribution < -0.4 is 0 Å². The van der Waals surface area contributed by atoms with E-state index in [-0.39, 0.29) is 11.5 Å². The molecule has 4 nitrogen and oxygen atoms in total. The van der Waals surface area contributed by atoms with E-state index in [4.69, 9.17) is 0 Å². The second-order valence-electron chi connectivity index (χ2n) is 5.43. The summed E-state index contributed by atoms with van der Waals surface area (Å²) in [4.78, 5) is 0. The Balaban J connectivity index is 1.93. The summed E-state index contributed by atoms with van der Waals surface area (Å²) in [5.74, 6) is 0.939. The van der Waals surface area contributed by atoms with E-state index < -0.39 is 10.0 Å². The molecule has 20 heavy (non-hydrogen) atoms. The maximum Gasteiger partial charge on any atom is 0.214 e. The van der Waals surface area contributed by atoms with Crippen molar-refractivity contribution in [3.05, 3.63) is 29.8 Å². The Bertz CT molecular complexity index is 517. The number of piperidine rings is 1. The van der Waals surface area contributed by atoms with Crippen molar-refractivity contribution in [1.29, 1.82) is 0 Å². The second kappa shape index (κ2) is 6.59. The van der Waals surface area contributed by atoms with Gasteiger partial charge in [-0.15, -0.1) is 0 Å². The van der Waals surface area contributed by atoms with Crippen LogP contribution in [0.5, 0.6) is 5.75 Å². The number of rotatable bonds is 5. The Morgan fingerprint density at radius 3 is 2.35 bits per heavy atom. The number of benzene rings is 1. The first-order valence-electron chi connectivity index (χ1n) is 7.29. The third-order valence-corrected chi connectivity index (χ3v) is 5.92. The molecule has 112 valence electrons. The minimum atomic E-state index is -3.06. The van der Waals surface area contributed by atoms with Crippen molar-refractivity contribution in [2.45, 2.75) is 38.5 Å². The minimum Gasteiger partial charge on any atom is -0.508 e. The zero-order chi connectivity index (χ0) is 14.6. The van der Waals surface area contributed by atoms with Gasteiger partial charge in [-0.05, 0) is 42.9 Å². The summed E-state index contributed by atoms with van der Waals surface area (Å²) in [7, 11) is -3.06. The molecule has 1 aliphatic rings. The van der Waals surface area contributed by atoms with Crippen molar-refractivity contribution in [2.75, 3.05) is 18.8 Å². The SMILES string of the molecule is CCCCS(=O)(=O)N1CCC(c2ccc(O)cc2)CC1. The average Bonchev–Trinajstić information content (AvgIpc) is 2.46. The van der Waals surface area contributed by atoms with Crippen molar-refractivity contribution in [2.24, 2.45) is 0 Å². The standard InChI is InChI=1S/C15H23NO3S/c1-2-3-12-20(18,19)16-10-8-14(9-11-16)13-4-6-15(17)7-5-13/h4-7,14,17H,2-3,8-12H2,1H3. The molecular weight excluding hydrogens is 274 g/mol. The largest absolute Gasteiger partial charge is 0.508 e. The number of phenols is 1. The lowest BCUT2D eigenvalue weighted by Gasteiger charge is -2.31. The monoisotopic (exact) mass is 297 g/mol. The molecule has 0 spiro atoms. The fourth-order valence-corrected chi connectivity index (χ4v) is 4.35. The third-order valence-electron chi connectivity index (χ3n) is 3.97. The van der Waals surface area contributed by atoms with Crippen LogP contribution in [0.1, 0.15) is 44.1 Å². The lowest BCUT2D eigenvalue weighted by atomic mass is 9.90. The molecule has 1 aromatic rings. The molecular formula is C15H23NO3S. The van der Waals surface area contributed by atoms with Gasteiger partial charge >= 0.3 is 0 Å². The van der Waals surface area contributed by atoms with E-state index in [0.29, 0.717) is 19.0 Å². The number of nitrogens with zero attached hydrogens (tertiary/aromatic N) is 1. The molecule has 0 radical (unpaired) electrons. The van der Waals surface area contributed by atoms with E-state index >= 15 is 0 Å². The van der Waals surface area contributed by atoms with Crippen LogP contribution in [0.3, 0.4) is 0 Å². The minimum absolute atomic E-state index is 0.271. The van der Waals surface area contributed by atoms with Crippen LogP contribution in [-0.4, -0.2) is 36.7 Å². The van der Waals surface area contributed by atoms with Crippen molar-refractivity contribution < 1.29 is 13.5 Å². The van der Waals surface area contributed by atoms with Gasteiger partial charge in [-0.25, -0.2) is 12.7 Å². The van der Waals surface area contributed by atoms with Gasteiger partial charge in [-0.2, -0.15) is 0 Å². The Morgan fingerprint density at radius 2 is 1.80 bits per heavy atom. The summed E-state index contributed by atoms with van der Waals surface area (Å²) in [6.07, 6.45) is 3.36. The summed E-state index contributed by atoms with van der Waals surface area (Å²) in [5.41, 5.74) is 1.19. The third kappa shape index (κ3) is 3.73. The first kappa shape index (κ1) is 15.3. The van der Waals surface area contributed by atoms with Gasteiger partial charge < -0.3 is 5.11 Å². The van der Waals surface area contributed by atoms with Gasteiger partial charge in [-0.3, -0.25) is 0 Å². The molecule has 0 aliphatic carbocycles. The van der Waals surface area contributed by atoms with Crippen LogP contribution in [0.2, 0.25) is 0 Å². The Labute approximate surface area is 121 Å². The van der Waals surface area contributed by atoms with Crippen LogP contribution in [0.4, 0.5) is 0 Å². The quantitative estimate of drug-likeness (QED) is 0.909. The van der Waals surface area contributed by atoms with Crippen molar-refractivity contribution in [3.63, 3.8) is 0 Å². The molecule has 1 saturated heterocycles. The van der Waals surface area contributed by atoms with Gasteiger partial charge in [0, 0.05) is 13.1 Å². The number of hydrogen-bond donors (Lipinski definition) is 1. The summed E-state index contributed by atoms with van der Waals surface area (Å²) in [6, 6.07) is 7.25. The number of aromatic hydroxyl groups is 1. The highest BCUT2D eigenvalue weighted by Gasteiger charge is 2.27. The fourth-order valence-electron chi connectivity index (χ4n) is 2.67. The predicted molar refractivity (Wildman–Crippen MR) is 80.3 cm³/mol. The summed E-state index contributed by atoms with van der Waals surface area (Å²) < 4.78 is 25.9. The van der Waals surface area contributed by atoms with Gasteiger partial charge in [0.2, 0.25) is 10.0 Å². The number of unbranched alkanes of at least 4 members (excludes halogenated alkanes) is 1. The normalized spacial score (nSPS) is 18.2. The van der Waals surface area contributed by atoms with Crippen LogP contribution >= 0.6 is 0 Å². The van der Waals surface area contributed by atoms with Crippen LogP contribution in [0.25, 0.3) is 0 Å². The molecule has 1 aromatic carbocycles. The first-order valence-corrected chi connectivity index (χ1v) is 8.90. The second-order valence-corrected chi connectivity index (χ2v) is 7.52. The molecule has 0 unspecified atom stereocenters. The Morgan fingerprint density at radius 1 is 1.20 bits per heavy atom. The zero-order valence-electron chi connectivity index (χ0n) is 12.0. The highest BCUT2D eigenvalue weighted by molar-refractivity contribution is 7.89. The molecule has 1 N–H and O–H groups in total. The summed E-state index contributed by atoms with van der Waals surface area (Å²) in [6.45, 7) is 3.22. The van der Waals surface area contributed by atoms with E-state index in [2.05, 4.69) is 0 Å². The van der Waals surface area contributed by atoms with Gasteiger partial charge in [0.25, 0.3) is 0 Å². The topological polar surface area (TPSA) is 57.6 Å². The molecule has 0 bridgehead atoms. The molecule has 0 atom stereocenters. The molecule has 5 heteroatoms. The fraction of sp³-hybridized carbons (Fsp3) is 0.600. The van der Waals surface area contributed by atoms with Crippen molar-refractivity contribution in [1.82, 2.24) is 4.31 Å². The number of hydrogen-bond acceptors (Lipinski definition) is 3. The van der Waals surface area contributed by atoms with E-state index in [0.717, 1.165) is 25.7 Å². The first-order chi connectivity index (χ1) is 9.53. The molecule has 0 amide bonds. The zero-order valence-corrected chi connectivity index (χ0v) is 12.8. The smallest absolute Gasteiger partial charge is 0.214 e. The predicted octanol–water partition coefficient (Wildman–Crippen LogP) is 2.70.